The lowest BCUT2D eigenvalue weighted by atomic mass is 9.82. The fourth-order valence-electron chi connectivity index (χ4n) is 3.55. The molecule has 4 nitrogen and oxygen atoms in total. The predicted molar refractivity (Wildman–Crippen MR) is 82.9 cm³/mol. The molecule has 2 bridgehead atoms. The summed E-state index contributed by atoms with van der Waals surface area (Å²) < 4.78 is 0.889. The standard InChI is InChI=1S/C16H16BrNO3/c1-8-4-11(17)7-12(5-8)18-15(19)13-9-2-3-10(6-9)14(13)16(20)21/h2-5,7,9-10,13-14H,6H2,1H3,(H,18,19)(H,20,21). The summed E-state index contributed by atoms with van der Waals surface area (Å²) in [6, 6.07) is 5.65. The summed E-state index contributed by atoms with van der Waals surface area (Å²) in [6.45, 7) is 1.95. The minimum atomic E-state index is -0.877. The number of carbonyl (C=O) groups excluding carboxylic acids is 1. The summed E-state index contributed by atoms with van der Waals surface area (Å²) in [7, 11) is 0. The number of carboxylic acid groups (broad SMARTS) is 1. The van der Waals surface area contributed by atoms with Gasteiger partial charge in [0.25, 0.3) is 0 Å². The zero-order valence-corrected chi connectivity index (χ0v) is 13.1. The molecule has 0 spiro atoms. The Balaban J connectivity index is 1.82. The maximum Gasteiger partial charge on any atom is 0.307 e. The second kappa shape index (κ2) is 5.30. The number of hydrogen-bond donors (Lipinski definition) is 2. The molecule has 5 heteroatoms. The Bertz CT molecular complexity index is 620. The van der Waals surface area contributed by atoms with Crippen molar-refractivity contribution in [3.05, 3.63) is 40.4 Å². The Labute approximate surface area is 131 Å². The topological polar surface area (TPSA) is 66.4 Å². The molecule has 1 fully saturated rings. The van der Waals surface area contributed by atoms with Crippen LogP contribution in [0.25, 0.3) is 0 Å². The first-order valence-corrected chi connectivity index (χ1v) is 7.74. The number of aliphatic carboxylic acids is 1. The minimum Gasteiger partial charge on any atom is -0.481 e. The van der Waals surface area contributed by atoms with Gasteiger partial charge in [-0.1, -0.05) is 28.1 Å². The highest BCUT2D eigenvalue weighted by atomic mass is 79.9. The summed E-state index contributed by atoms with van der Waals surface area (Å²) in [4.78, 5) is 24.0. The van der Waals surface area contributed by atoms with Crippen LogP contribution in [0.1, 0.15) is 12.0 Å². The predicted octanol–water partition coefficient (Wildman–Crippen LogP) is 3.22. The number of anilines is 1. The minimum absolute atomic E-state index is 0.00695. The molecular formula is C16H16BrNO3. The van der Waals surface area contributed by atoms with Crippen molar-refractivity contribution in [1.29, 1.82) is 0 Å². The zero-order valence-electron chi connectivity index (χ0n) is 11.5. The van der Waals surface area contributed by atoms with Gasteiger partial charge in [0, 0.05) is 10.2 Å². The number of halogens is 1. The van der Waals surface area contributed by atoms with Crippen LogP contribution in [-0.4, -0.2) is 17.0 Å². The lowest BCUT2D eigenvalue weighted by molar-refractivity contribution is -0.146. The zero-order chi connectivity index (χ0) is 15.1. The molecule has 1 aromatic carbocycles. The van der Waals surface area contributed by atoms with E-state index in [4.69, 9.17) is 0 Å². The van der Waals surface area contributed by atoms with E-state index in [0.29, 0.717) is 5.69 Å². The molecule has 110 valence electrons. The third kappa shape index (κ3) is 2.62. The van der Waals surface area contributed by atoms with E-state index in [1.54, 1.807) is 0 Å². The molecule has 4 unspecified atom stereocenters. The summed E-state index contributed by atoms with van der Waals surface area (Å²) in [5.74, 6) is -2.11. The van der Waals surface area contributed by atoms with Crippen molar-refractivity contribution in [3.8, 4) is 0 Å². The average molecular weight is 350 g/mol. The average Bonchev–Trinajstić information content (AvgIpc) is 2.96. The van der Waals surface area contributed by atoms with Gasteiger partial charge < -0.3 is 10.4 Å². The highest BCUT2D eigenvalue weighted by molar-refractivity contribution is 9.10. The first-order valence-electron chi connectivity index (χ1n) is 6.95. The highest BCUT2D eigenvalue weighted by Crippen LogP contribution is 2.48. The van der Waals surface area contributed by atoms with Crippen LogP contribution in [0.4, 0.5) is 5.69 Å². The van der Waals surface area contributed by atoms with Gasteiger partial charge in [0.2, 0.25) is 5.91 Å². The molecule has 0 radical (unpaired) electrons. The molecule has 1 saturated carbocycles. The highest BCUT2D eigenvalue weighted by Gasteiger charge is 2.51. The molecule has 4 atom stereocenters. The molecule has 1 amide bonds. The third-order valence-corrected chi connectivity index (χ3v) is 4.81. The van der Waals surface area contributed by atoms with E-state index in [-0.39, 0.29) is 17.7 Å². The first kappa shape index (κ1) is 14.3. The van der Waals surface area contributed by atoms with E-state index in [1.165, 1.54) is 0 Å². The fraction of sp³-hybridized carbons (Fsp3) is 0.375. The van der Waals surface area contributed by atoms with Gasteiger partial charge in [-0.2, -0.15) is 0 Å². The van der Waals surface area contributed by atoms with Crippen molar-refractivity contribution < 1.29 is 14.7 Å². The van der Waals surface area contributed by atoms with Crippen molar-refractivity contribution in [2.75, 3.05) is 5.32 Å². The maximum atomic E-state index is 12.5. The maximum absolute atomic E-state index is 12.5. The van der Waals surface area contributed by atoms with Gasteiger partial charge in [0.15, 0.2) is 0 Å². The second-order valence-corrected chi connectivity index (χ2v) is 6.76. The second-order valence-electron chi connectivity index (χ2n) is 5.84. The number of carboxylic acids is 1. The number of allylic oxidation sites excluding steroid dienone is 2. The van der Waals surface area contributed by atoms with Crippen LogP contribution in [-0.2, 0) is 9.59 Å². The SMILES string of the molecule is Cc1cc(Br)cc(NC(=O)C2C3C=CC(C3)C2C(=O)O)c1. The molecule has 2 aliphatic carbocycles. The Morgan fingerprint density at radius 3 is 2.48 bits per heavy atom. The Morgan fingerprint density at radius 1 is 1.19 bits per heavy atom. The Morgan fingerprint density at radius 2 is 1.86 bits per heavy atom. The smallest absolute Gasteiger partial charge is 0.307 e. The normalized spacial score (nSPS) is 29.6. The molecule has 0 aliphatic heterocycles. The summed E-state index contributed by atoms with van der Waals surface area (Å²) in [6.07, 6.45) is 4.70. The number of amides is 1. The lowest BCUT2D eigenvalue weighted by Crippen LogP contribution is -2.36. The van der Waals surface area contributed by atoms with Crippen LogP contribution in [0, 0.1) is 30.6 Å². The van der Waals surface area contributed by atoms with Gasteiger partial charge in [0.1, 0.15) is 0 Å². The van der Waals surface area contributed by atoms with Crippen molar-refractivity contribution in [1.82, 2.24) is 0 Å². The number of nitrogens with one attached hydrogen (secondary N) is 1. The van der Waals surface area contributed by atoms with Crippen molar-refractivity contribution in [2.45, 2.75) is 13.3 Å². The number of hydrogen-bond acceptors (Lipinski definition) is 2. The monoisotopic (exact) mass is 349 g/mol. The van der Waals surface area contributed by atoms with Crippen LogP contribution >= 0.6 is 15.9 Å². The van der Waals surface area contributed by atoms with E-state index >= 15 is 0 Å². The lowest BCUT2D eigenvalue weighted by Gasteiger charge is -2.24. The first-order chi connectivity index (χ1) is 9.95. The summed E-state index contributed by atoms with van der Waals surface area (Å²) >= 11 is 3.40. The molecule has 0 heterocycles. The molecule has 1 aromatic rings. The van der Waals surface area contributed by atoms with E-state index in [2.05, 4.69) is 21.2 Å². The van der Waals surface area contributed by atoms with Crippen molar-refractivity contribution in [2.24, 2.45) is 23.7 Å². The number of aryl methyl sites for hydroxylation is 1. The van der Waals surface area contributed by atoms with Crippen LogP contribution in [0.3, 0.4) is 0 Å². The fourth-order valence-corrected chi connectivity index (χ4v) is 4.16. The van der Waals surface area contributed by atoms with Gasteiger partial charge in [-0.05, 0) is 48.9 Å². The van der Waals surface area contributed by atoms with Crippen LogP contribution in [0.2, 0.25) is 0 Å². The van der Waals surface area contributed by atoms with Crippen LogP contribution < -0.4 is 5.32 Å². The molecule has 2 aliphatic rings. The molecule has 2 N–H and O–H groups in total. The van der Waals surface area contributed by atoms with Gasteiger partial charge in [0.05, 0.1) is 11.8 Å². The number of carbonyl (C=O) groups is 2. The molecule has 0 saturated heterocycles. The number of rotatable bonds is 3. The quantitative estimate of drug-likeness (QED) is 0.823. The largest absolute Gasteiger partial charge is 0.481 e. The van der Waals surface area contributed by atoms with E-state index in [1.807, 2.05) is 37.3 Å². The Hall–Kier alpha value is -1.62. The van der Waals surface area contributed by atoms with Gasteiger partial charge >= 0.3 is 5.97 Å². The summed E-state index contributed by atoms with van der Waals surface area (Å²) in [5.41, 5.74) is 1.73. The molecule has 0 aromatic heterocycles. The molecule has 3 rings (SSSR count). The van der Waals surface area contributed by atoms with Gasteiger partial charge in [-0.3, -0.25) is 9.59 Å². The van der Waals surface area contributed by atoms with Gasteiger partial charge in [-0.25, -0.2) is 0 Å². The summed E-state index contributed by atoms with van der Waals surface area (Å²) in [5, 5.41) is 12.3. The number of fused-ring (bicyclic) bond motifs is 2. The van der Waals surface area contributed by atoms with Crippen LogP contribution in [0.5, 0.6) is 0 Å². The van der Waals surface area contributed by atoms with E-state index in [9.17, 15) is 14.7 Å². The number of benzene rings is 1. The van der Waals surface area contributed by atoms with Crippen molar-refractivity contribution in [3.63, 3.8) is 0 Å². The van der Waals surface area contributed by atoms with E-state index < -0.39 is 17.8 Å². The van der Waals surface area contributed by atoms with E-state index in [0.717, 1.165) is 16.5 Å². The third-order valence-electron chi connectivity index (χ3n) is 4.36. The Kier molecular flexibility index (Phi) is 3.61. The van der Waals surface area contributed by atoms with Crippen molar-refractivity contribution >= 4 is 33.5 Å². The molecule has 21 heavy (non-hydrogen) atoms. The molecular weight excluding hydrogens is 334 g/mol. The van der Waals surface area contributed by atoms with Crippen LogP contribution in [0.15, 0.2) is 34.8 Å². The van der Waals surface area contributed by atoms with Gasteiger partial charge in [-0.15, -0.1) is 0 Å².